The highest BCUT2D eigenvalue weighted by Crippen LogP contribution is 2.35. The number of hydrogen-bond acceptors (Lipinski definition) is 8. The van der Waals surface area contributed by atoms with Crippen molar-refractivity contribution in [3.63, 3.8) is 0 Å². The molecule has 1 unspecified atom stereocenters. The maximum absolute atomic E-state index is 12.9. The monoisotopic (exact) mass is 455 g/mol. The van der Waals surface area contributed by atoms with Crippen LogP contribution in [0.2, 0.25) is 0 Å². The molecule has 1 aromatic carbocycles. The van der Waals surface area contributed by atoms with Gasteiger partial charge in [0.25, 0.3) is 10.0 Å². The molecule has 4 heterocycles. The van der Waals surface area contributed by atoms with Gasteiger partial charge in [-0.25, -0.2) is 18.4 Å². The molecule has 1 fully saturated rings. The predicted octanol–water partition coefficient (Wildman–Crippen LogP) is 2.55. The SMILES string of the molecule is O=S(=O)(Nc1cccc(C2=NC3=CC=NCC3S2)c1)c1ccc(N2CCOCC2)nc1. The van der Waals surface area contributed by atoms with Crippen LogP contribution in [0.1, 0.15) is 5.56 Å². The molecule has 0 spiro atoms. The molecule has 3 aliphatic heterocycles. The first-order chi connectivity index (χ1) is 15.1. The number of allylic oxidation sites excluding steroid dienone is 1. The number of dihydropyridines is 1. The van der Waals surface area contributed by atoms with Crippen LogP contribution >= 0.6 is 11.8 Å². The Kier molecular flexibility index (Phi) is 5.51. The van der Waals surface area contributed by atoms with Gasteiger partial charge < -0.3 is 9.64 Å². The Morgan fingerprint density at radius 3 is 2.81 bits per heavy atom. The zero-order valence-electron chi connectivity index (χ0n) is 16.6. The Bertz CT molecular complexity index is 1170. The number of fused-ring (bicyclic) bond motifs is 1. The minimum atomic E-state index is -3.76. The third kappa shape index (κ3) is 4.36. The van der Waals surface area contributed by atoms with E-state index in [1.54, 1.807) is 42.2 Å². The largest absolute Gasteiger partial charge is 0.378 e. The molecule has 1 aromatic heterocycles. The van der Waals surface area contributed by atoms with Crippen molar-refractivity contribution in [1.82, 2.24) is 4.98 Å². The molecule has 0 saturated carbocycles. The molecule has 0 aliphatic carbocycles. The molecule has 3 aliphatic rings. The number of sulfonamides is 1. The van der Waals surface area contributed by atoms with Crippen molar-refractivity contribution >= 4 is 44.5 Å². The van der Waals surface area contributed by atoms with Gasteiger partial charge in [-0.05, 0) is 30.3 Å². The maximum atomic E-state index is 12.9. The van der Waals surface area contributed by atoms with Gasteiger partial charge in [-0.1, -0.05) is 23.9 Å². The molecule has 10 heteroatoms. The van der Waals surface area contributed by atoms with Crippen LogP contribution in [0.25, 0.3) is 0 Å². The second-order valence-electron chi connectivity index (χ2n) is 7.27. The molecule has 2 aromatic rings. The van der Waals surface area contributed by atoms with Crippen LogP contribution < -0.4 is 9.62 Å². The lowest BCUT2D eigenvalue weighted by atomic mass is 10.2. The Morgan fingerprint density at radius 2 is 2.03 bits per heavy atom. The lowest BCUT2D eigenvalue weighted by Crippen LogP contribution is -2.36. The highest BCUT2D eigenvalue weighted by Gasteiger charge is 2.27. The molecule has 0 radical (unpaired) electrons. The summed E-state index contributed by atoms with van der Waals surface area (Å²) < 4.78 is 33.8. The van der Waals surface area contributed by atoms with Crippen molar-refractivity contribution in [3.05, 3.63) is 59.9 Å². The van der Waals surface area contributed by atoms with Gasteiger partial charge in [-0.15, -0.1) is 0 Å². The number of ether oxygens (including phenoxy) is 1. The van der Waals surface area contributed by atoms with E-state index in [0.29, 0.717) is 25.4 Å². The number of thioether (sulfide) groups is 1. The molecule has 1 saturated heterocycles. The molecule has 1 N–H and O–H groups in total. The molecule has 0 amide bonds. The highest BCUT2D eigenvalue weighted by atomic mass is 32.2. The van der Waals surface area contributed by atoms with Crippen LogP contribution in [0.15, 0.2) is 69.2 Å². The van der Waals surface area contributed by atoms with Gasteiger partial charge in [0.2, 0.25) is 0 Å². The lowest BCUT2D eigenvalue weighted by molar-refractivity contribution is 0.122. The van der Waals surface area contributed by atoms with Crippen LogP contribution in [-0.4, -0.2) is 62.8 Å². The fourth-order valence-corrected chi connectivity index (χ4v) is 5.64. The van der Waals surface area contributed by atoms with Gasteiger partial charge in [0, 0.05) is 36.8 Å². The minimum Gasteiger partial charge on any atom is -0.378 e. The summed E-state index contributed by atoms with van der Waals surface area (Å²) in [6, 6.07) is 10.6. The quantitative estimate of drug-likeness (QED) is 0.744. The summed E-state index contributed by atoms with van der Waals surface area (Å²) in [6.45, 7) is 3.50. The molecule has 160 valence electrons. The van der Waals surface area contributed by atoms with Gasteiger partial charge in [0.05, 0.1) is 30.7 Å². The summed E-state index contributed by atoms with van der Waals surface area (Å²) >= 11 is 1.65. The number of aliphatic imine (C=N–C) groups is 2. The summed E-state index contributed by atoms with van der Waals surface area (Å²) in [6.07, 6.45) is 5.10. The lowest BCUT2D eigenvalue weighted by Gasteiger charge is -2.27. The number of pyridine rings is 1. The molecular weight excluding hydrogens is 434 g/mol. The van der Waals surface area contributed by atoms with Crippen LogP contribution in [0.5, 0.6) is 0 Å². The van der Waals surface area contributed by atoms with E-state index in [4.69, 9.17) is 4.74 Å². The highest BCUT2D eigenvalue weighted by molar-refractivity contribution is 8.15. The Morgan fingerprint density at radius 1 is 1.16 bits per heavy atom. The summed E-state index contributed by atoms with van der Waals surface area (Å²) in [5.41, 5.74) is 2.37. The number of benzene rings is 1. The van der Waals surface area contributed by atoms with Crippen molar-refractivity contribution in [2.45, 2.75) is 10.1 Å². The standard InChI is InChI=1S/C21H21N5O3S2/c27-31(28,17-4-5-20(23-13-17)26-8-10-29-11-9-26)25-16-3-1-2-15(12-16)21-24-18-6-7-22-14-19(18)30-21/h1-7,12-13,19,25H,8-11,14H2. The Labute approximate surface area is 185 Å². The number of anilines is 2. The second-order valence-corrected chi connectivity index (χ2v) is 10.1. The molecular formula is C21H21N5O3S2. The van der Waals surface area contributed by atoms with E-state index in [1.165, 1.54) is 6.20 Å². The molecule has 8 nitrogen and oxygen atoms in total. The van der Waals surface area contributed by atoms with Crippen molar-refractivity contribution in [3.8, 4) is 0 Å². The van der Waals surface area contributed by atoms with Crippen molar-refractivity contribution in [2.24, 2.45) is 9.98 Å². The van der Waals surface area contributed by atoms with Crippen molar-refractivity contribution in [2.75, 3.05) is 42.5 Å². The summed E-state index contributed by atoms with van der Waals surface area (Å²) in [5, 5.41) is 1.11. The number of nitrogens with one attached hydrogen (secondary N) is 1. The van der Waals surface area contributed by atoms with E-state index >= 15 is 0 Å². The fraction of sp³-hybridized carbons (Fsp3) is 0.286. The van der Waals surface area contributed by atoms with Gasteiger partial charge in [0.15, 0.2) is 0 Å². The van der Waals surface area contributed by atoms with E-state index in [9.17, 15) is 8.42 Å². The van der Waals surface area contributed by atoms with Crippen LogP contribution in [0.3, 0.4) is 0 Å². The van der Waals surface area contributed by atoms with Crippen LogP contribution in [0, 0.1) is 0 Å². The minimum absolute atomic E-state index is 0.121. The summed E-state index contributed by atoms with van der Waals surface area (Å²) in [5.74, 6) is 0.750. The molecule has 1 atom stereocenters. The average molecular weight is 456 g/mol. The van der Waals surface area contributed by atoms with Gasteiger partial charge in [-0.3, -0.25) is 9.71 Å². The van der Waals surface area contributed by atoms with Crippen molar-refractivity contribution in [1.29, 1.82) is 0 Å². The number of morpholine rings is 1. The predicted molar refractivity (Wildman–Crippen MR) is 124 cm³/mol. The smallest absolute Gasteiger partial charge is 0.263 e. The van der Waals surface area contributed by atoms with E-state index in [2.05, 4.69) is 24.6 Å². The van der Waals surface area contributed by atoms with E-state index < -0.39 is 10.0 Å². The number of rotatable bonds is 5. The normalized spacial score (nSPS) is 20.8. The molecule has 0 bridgehead atoms. The average Bonchev–Trinajstić information content (AvgIpc) is 3.24. The summed E-state index contributed by atoms with van der Waals surface area (Å²) in [4.78, 5) is 15.5. The van der Waals surface area contributed by atoms with E-state index in [1.807, 2.05) is 18.2 Å². The molecule has 5 rings (SSSR count). The fourth-order valence-electron chi connectivity index (χ4n) is 3.55. The van der Waals surface area contributed by atoms with Gasteiger partial charge >= 0.3 is 0 Å². The third-order valence-corrected chi connectivity index (χ3v) is 7.76. The summed E-state index contributed by atoms with van der Waals surface area (Å²) in [7, 11) is -3.76. The van der Waals surface area contributed by atoms with E-state index in [0.717, 1.165) is 35.2 Å². The van der Waals surface area contributed by atoms with Crippen LogP contribution in [0.4, 0.5) is 11.5 Å². The Hall–Kier alpha value is -2.69. The van der Waals surface area contributed by atoms with Gasteiger partial charge in [-0.2, -0.15) is 0 Å². The zero-order valence-corrected chi connectivity index (χ0v) is 18.3. The topological polar surface area (TPSA) is 96.2 Å². The maximum Gasteiger partial charge on any atom is 0.263 e. The number of aromatic nitrogens is 1. The van der Waals surface area contributed by atoms with E-state index in [-0.39, 0.29) is 10.1 Å². The first-order valence-electron chi connectivity index (χ1n) is 9.96. The first-order valence-corrected chi connectivity index (χ1v) is 12.3. The number of nitrogens with zero attached hydrogens (tertiary/aromatic N) is 4. The van der Waals surface area contributed by atoms with Crippen LogP contribution in [-0.2, 0) is 14.8 Å². The Balaban J connectivity index is 1.32. The van der Waals surface area contributed by atoms with Crippen molar-refractivity contribution < 1.29 is 13.2 Å². The second kappa shape index (κ2) is 8.45. The molecule has 31 heavy (non-hydrogen) atoms. The zero-order chi connectivity index (χ0) is 21.3. The first kappa shape index (κ1) is 20.2. The third-order valence-electron chi connectivity index (χ3n) is 5.16. The van der Waals surface area contributed by atoms with Gasteiger partial charge in [0.1, 0.15) is 15.8 Å². The number of hydrogen-bond donors (Lipinski definition) is 1.